The predicted molar refractivity (Wildman–Crippen MR) is 84.9 cm³/mol. The van der Waals surface area contributed by atoms with Gasteiger partial charge in [0.15, 0.2) is 11.6 Å². The van der Waals surface area contributed by atoms with Crippen LogP contribution >= 0.6 is 11.8 Å². The van der Waals surface area contributed by atoms with Crippen molar-refractivity contribution in [2.45, 2.75) is 31.7 Å². The summed E-state index contributed by atoms with van der Waals surface area (Å²) in [5, 5.41) is 2.41. The summed E-state index contributed by atoms with van der Waals surface area (Å²) in [5.41, 5.74) is -0.194. The van der Waals surface area contributed by atoms with Gasteiger partial charge in [-0.3, -0.25) is 9.59 Å². The molecule has 1 heterocycles. The summed E-state index contributed by atoms with van der Waals surface area (Å²) in [5.74, 6) is -1.61. The first kappa shape index (κ1) is 16.2. The molecule has 1 atom stereocenters. The summed E-state index contributed by atoms with van der Waals surface area (Å²) >= 11 is 1.50. The summed E-state index contributed by atoms with van der Waals surface area (Å²) in [4.78, 5) is 26.5. The number of carbonyl (C=O) groups excluding carboxylic acids is 2. The van der Waals surface area contributed by atoms with Crippen LogP contribution in [0.4, 0.5) is 14.5 Å². The second-order valence-corrected chi connectivity index (χ2v) is 6.90. The van der Waals surface area contributed by atoms with Gasteiger partial charge in [0.1, 0.15) is 6.04 Å². The average Bonchev–Trinajstić information content (AvgIpc) is 3.21. The van der Waals surface area contributed by atoms with E-state index in [2.05, 4.69) is 5.32 Å². The molecule has 1 unspecified atom stereocenters. The number of hydrogen-bond donors (Lipinski definition) is 1. The van der Waals surface area contributed by atoms with E-state index >= 15 is 0 Å². The molecule has 4 nitrogen and oxygen atoms in total. The van der Waals surface area contributed by atoms with Gasteiger partial charge in [0.25, 0.3) is 0 Å². The van der Waals surface area contributed by atoms with Crippen LogP contribution in [0, 0.1) is 17.6 Å². The van der Waals surface area contributed by atoms with E-state index in [1.807, 2.05) is 0 Å². The Morgan fingerprint density at radius 3 is 2.70 bits per heavy atom. The molecule has 1 saturated carbocycles. The van der Waals surface area contributed by atoms with Crippen molar-refractivity contribution in [3.8, 4) is 0 Å². The number of amides is 2. The van der Waals surface area contributed by atoms with Crippen molar-refractivity contribution in [2.24, 2.45) is 5.92 Å². The fourth-order valence-corrected chi connectivity index (χ4v) is 4.26. The summed E-state index contributed by atoms with van der Waals surface area (Å²) in [6, 6.07) is 3.00. The zero-order chi connectivity index (χ0) is 16.4. The Balaban J connectivity index is 1.70. The van der Waals surface area contributed by atoms with Gasteiger partial charge >= 0.3 is 0 Å². The standard InChI is InChI=1S/C16H18F2N2O2S/c17-11-6-3-7-12(14(11)18)19-15(21)13-8-23-9-20(13)16(22)10-4-1-2-5-10/h3,6-7,10,13H,1-2,4-5,8-9H2,(H,19,21). The Morgan fingerprint density at radius 1 is 1.22 bits per heavy atom. The largest absolute Gasteiger partial charge is 0.322 e. The molecule has 23 heavy (non-hydrogen) atoms. The molecule has 3 rings (SSSR count). The van der Waals surface area contributed by atoms with Crippen molar-refractivity contribution in [1.29, 1.82) is 0 Å². The van der Waals surface area contributed by atoms with E-state index in [1.165, 1.54) is 23.9 Å². The van der Waals surface area contributed by atoms with Crippen LogP contribution in [0.1, 0.15) is 25.7 Å². The number of thioether (sulfide) groups is 1. The average molecular weight is 340 g/mol. The van der Waals surface area contributed by atoms with Gasteiger partial charge in [-0.15, -0.1) is 11.8 Å². The molecule has 1 aromatic rings. The molecule has 124 valence electrons. The second kappa shape index (κ2) is 6.86. The van der Waals surface area contributed by atoms with Crippen LogP contribution in [0.2, 0.25) is 0 Å². The lowest BCUT2D eigenvalue weighted by molar-refractivity contribution is -0.139. The number of halogens is 2. The maximum absolute atomic E-state index is 13.7. The van der Waals surface area contributed by atoms with E-state index in [1.54, 1.807) is 4.90 Å². The third-order valence-electron chi connectivity index (χ3n) is 4.38. The van der Waals surface area contributed by atoms with Crippen molar-refractivity contribution >= 4 is 29.3 Å². The minimum atomic E-state index is -1.08. The lowest BCUT2D eigenvalue weighted by Crippen LogP contribution is -2.46. The summed E-state index contributed by atoms with van der Waals surface area (Å²) in [6.07, 6.45) is 3.82. The Morgan fingerprint density at radius 2 is 1.96 bits per heavy atom. The van der Waals surface area contributed by atoms with Gasteiger partial charge in [-0.05, 0) is 25.0 Å². The number of nitrogens with zero attached hydrogens (tertiary/aromatic N) is 1. The van der Waals surface area contributed by atoms with Crippen LogP contribution in [0.5, 0.6) is 0 Å². The van der Waals surface area contributed by atoms with E-state index < -0.39 is 23.6 Å². The number of carbonyl (C=O) groups is 2. The molecule has 2 amide bonds. The molecule has 0 spiro atoms. The SMILES string of the molecule is O=C(Nc1cccc(F)c1F)C1CSCN1C(=O)C1CCCC1. The van der Waals surface area contributed by atoms with Crippen LogP contribution in [0.25, 0.3) is 0 Å². The summed E-state index contributed by atoms with van der Waals surface area (Å²) in [6.45, 7) is 0. The lowest BCUT2D eigenvalue weighted by Gasteiger charge is -2.25. The highest BCUT2D eigenvalue weighted by molar-refractivity contribution is 7.99. The normalized spacial score (nSPS) is 21.7. The third-order valence-corrected chi connectivity index (χ3v) is 5.39. The maximum Gasteiger partial charge on any atom is 0.248 e. The highest BCUT2D eigenvalue weighted by Crippen LogP contribution is 2.31. The fourth-order valence-electron chi connectivity index (χ4n) is 3.10. The zero-order valence-corrected chi connectivity index (χ0v) is 13.4. The smallest absolute Gasteiger partial charge is 0.248 e. The molecule has 2 aliphatic rings. The minimum absolute atomic E-state index is 0.00472. The van der Waals surface area contributed by atoms with E-state index in [0.717, 1.165) is 31.7 Å². The van der Waals surface area contributed by atoms with Gasteiger partial charge in [-0.1, -0.05) is 18.9 Å². The van der Waals surface area contributed by atoms with Crippen molar-refractivity contribution in [3.05, 3.63) is 29.8 Å². The van der Waals surface area contributed by atoms with Crippen molar-refractivity contribution in [3.63, 3.8) is 0 Å². The van der Waals surface area contributed by atoms with Gasteiger partial charge in [-0.2, -0.15) is 0 Å². The molecule has 1 saturated heterocycles. The van der Waals surface area contributed by atoms with Crippen molar-refractivity contribution in [2.75, 3.05) is 16.9 Å². The van der Waals surface area contributed by atoms with Gasteiger partial charge in [0.2, 0.25) is 11.8 Å². The molecule has 0 radical (unpaired) electrons. The Labute approximate surface area is 137 Å². The topological polar surface area (TPSA) is 49.4 Å². The molecule has 0 bridgehead atoms. The highest BCUT2D eigenvalue weighted by atomic mass is 32.2. The molecule has 1 aliphatic heterocycles. The molecular weight excluding hydrogens is 322 g/mol. The summed E-state index contributed by atoms with van der Waals surface area (Å²) in [7, 11) is 0. The van der Waals surface area contributed by atoms with Gasteiger partial charge < -0.3 is 10.2 Å². The van der Waals surface area contributed by atoms with Gasteiger partial charge in [0.05, 0.1) is 11.6 Å². The van der Waals surface area contributed by atoms with Crippen LogP contribution in [0.15, 0.2) is 18.2 Å². The van der Waals surface area contributed by atoms with Crippen LogP contribution < -0.4 is 5.32 Å². The minimum Gasteiger partial charge on any atom is -0.322 e. The third kappa shape index (κ3) is 3.34. The first-order chi connectivity index (χ1) is 11.1. The molecule has 2 fully saturated rings. The van der Waals surface area contributed by atoms with Crippen molar-refractivity contribution < 1.29 is 18.4 Å². The number of hydrogen-bond acceptors (Lipinski definition) is 3. The Hall–Kier alpha value is -1.63. The maximum atomic E-state index is 13.7. The molecule has 1 aliphatic carbocycles. The Bertz CT molecular complexity index is 620. The lowest BCUT2D eigenvalue weighted by atomic mass is 10.1. The van der Waals surface area contributed by atoms with Crippen LogP contribution in [-0.2, 0) is 9.59 Å². The van der Waals surface area contributed by atoms with E-state index in [0.29, 0.717) is 11.6 Å². The highest BCUT2D eigenvalue weighted by Gasteiger charge is 2.38. The second-order valence-electron chi connectivity index (χ2n) is 5.90. The molecular formula is C16H18F2N2O2S. The molecule has 1 aromatic carbocycles. The molecule has 1 N–H and O–H groups in total. The molecule has 7 heteroatoms. The van der Waals surface area contributed by atoms with Crippen molar-refractivity contribution in [1.82, 2.24) is 4.90 Å². The number of benzene rings is 1. The zero-order valence-electron chi connectivity index (χ0n) is 12.6. The fraction of sp³-hybridized carbons (Fsp3) is 0.500. The van der Waals surface area contributed by atoms with E-state index in [-0.39, 0.29) is 17.5 Å². The van der Waals surface area contributed by atoms with Gasteiger partial charge in [-0.25, -0.2) is 8.78 Å². The quantitative estimate of drug-likeness (QED) is 0.920. The number of anilines is 1. The van der Waals surface area contributed by atoms with E-state index in [9.17, 15) is 18.4 Å². The first-order valence-electron chi connectivity index (χ1n) is 7.71. The van der Waals surface area contributed by atoms with Crippen LogP contribution in [0.3, 0.4) is 0 Å². The number of nitrogens with one attached hydrogen (secondary N) is 1. The van der Waals surface area contributed by atoms with Crippen LogP contribution in [-0.4, -0.2) is 34.4 Å². The Kier molecular flexibility index (Phi) is 4.84. The first-order valence-corrected chi connectivity index (χ1v) is 8.86. The summed E-state index contributed by atoms with van der Waals surface area (Å²) < 4.78 is 26.9. The monoisotopic (exact) mass is 340 g/mol. The predicted octanol–water partition coefficient (Wildman–Crippen LogP) is 3.00. The van der Waals surface area contributed by atoms with E-state index in [4.69, 9.17) is 0 Å². The van der Waals surface area contributed by atoms with Gasteiger partial charge in [0, 0.05) is 11.7 Å². The number of rotatable bonds is 3. The molecule has 0 aromatic heterocycles.